The van der Waals surface area contributed by atoms with Crippen LogP contribution in [0.4, 0.5) is 0 Å². The van der Waals surface area contributed by atoms with Crippen LogP contribution in [0.2, 0.25) is 0 Å². The van der Waals surface area contributed by atoms with Crippen LogP contribution in [0, 0.1) is 0 Å². The standard InChI is InChI=1S/C21H20O3S2/c1-23-18-11-10-15(13-19(18)24-2)21(26-16-7-4-3-5-8-16)14-17(22)20-9-6-12-25-20/h3-13,21H,14H2,1-2H3. The maximum atomic E-state index is 12.7. The smallest absolute Gasteiger partial charge is 0.174 e. The van der Waals surface area contributed by atoms with Crippen molar-refractivity contribution in [3.63, 3.8) is 0 Å². The Balaban J connectivity index is 1.90. The second-order valence-corrected chi connectivity index (χ2v) is 7.86. The first kappa shape index (κ1) is 18.5. The third-order valence-electron chi connectivity index (χ3n) is 3.97. The topological polar surface area (TPSA) is 35.5 Å². The molecule has 0 bridgehead atoms. The Bertz CT molecular complexity index is 845. The molecule has 3 aromatic rings. The molecule has 26 heavy (non-hydrogen) atoms. The van der Waals surface area contributed by atoms with E-state index in [-0.39, 0.29) is 11.0 Å². The fourth-order valence-corrected chi connectivity index (χ4v) is 4.49. The van der Waals surface area contributed by atoms with Gasteiger partial charge < -0.3 is 9.47 Å². The highest BCUT2D eigenvalue weighted by molar-refractivity contribution is 7.99. The molecule has 1 unspecified atom stereocenters. The van der Waals surface area contributed by atoms with Gasteiger partial charge in [0, 0.05) is 16.6 Å². The van der Waals surface area contributed by atoms with Crippen molar-refractivity contribution in [2.75, 3.05) is 14.2 Å². The van der Waals surface area contributed by atoms with E-state index in [4.69, 9.17) is 9.47 Å². The molecular formula is C21H20O3S2. The molecule has 0 radical (unpaired) electrons. The second-order valence-electron chi connectivity index (χ2n) is 5.64. The molecular weight excluding hydrogens is 364 g/mol. The van der Waals surface area contributed by atoms with Gasteiger partial charge >= 0.3 is 0 Å². The van der Waals surface area contributed by atoms with Gasteiger partial charge in [-0.15, -0.1) is 23.1 Å². The SMILES string of the molecule is COc1ccc(C(CC(=O)c2cccs2)Sc2ccccc2)cc1OC. The van der Waals surface area contributed by atoms with E-state index in [1.165, 1.54) is 11.3 Å². The fourth-order valence-electron chi connectivity index (χ4n) is 2.65. The molecule has 0 aliphatic carbocycles. The highest BCUT2D eigenvalue weighted by atomic mass is 32.2. The molecule has 0 fully saturated rings. The molecule has 0 spiro atoms. The van der Waals surface area contributed by atoms with Crippen LogP contribution in [-0.2, 0) is 0 Å². The summed E-state index contributed by atoms with van der Waals surface area (Å²) in [6.07, 6.45) is 0.426. The van der Waals surface area contributed by atoms with Crippen LogP contribution in [0.1, 0.15) is 26.9 Å². The van der Waals surface area contributed by atoms with E-state index in [1.807, 2.05) is 53.9 Å². The van der Waals surface area contributed by atoms with Crippen LogP contribution in [0.3, 0.4) is 0 Å². The van der Waals surface area contributed by atoms with E-state index in [0.29, 0.717) is 17.9 Å². The maximum Gasteiger partial charge on any atom is 0.174 e. The minimum atomic E-state index is -0.00759. The number of hydrogen-bond donors (Lipinski definition) is 0. The lowest BCUT2D eigenvalue weighted by Crippen LogP contribution is -2.04. The largest absolute Gasteiger partial charge is 0.493 e. The first-order valence-corrected chi connectivity index (χ1v) is 9.97. The minimum absolute atomic E-state index is 0.00759. The zero-order valence-corrected chi connectivity index (χ0v) is 16.3. The van der Waals surface area contributed by atoms with Crippen LogP contribution in [0.15, 0.2) is 70.9 Å². The Morgan fingerprint density at radius 3 is 2.42 bits per heavy atom. The molecule has 0 N–H and O–H groups in total. The molecule has 3 rings (SSSR count). The van der Waals surface area contributed by atoms with Crippen molar-refractivity contribution in [2.45, 2.75) is 16.6 Å². The highest BCUT2D eigenvalue weighted by Gasteiger charge is 2.21. The summed E-state index contributed by atoms with van der Waals surface area (Å²) in [6, 6.07) is 19.8. The Morgan fingerprint density at radius 1 is 1.00 bits per heavy atom. The van der Waals surface area contributed by atoms with Crippen LogP contribution in [-0.4, -0.2) is 20.0 Å². The number of rotatable bonds is 8. The normalized spacial score (nSPS) is 11.8. The number of benzene rings is 2. The summed E-state index contributed by atoms with van der Waals surface area (Å²) < 4.78 is 10.8. The summed E-state index contributed by atoms with van der Waals surface area (Å²) >= 11 is 3.17. The molecule has 2 aromatic carbocycles. The Morgan fingerprint density at radius 2 is 1.77 bits per heavy atom. The monoisotopic (exact) mass is 384 g/mol. The van der Waals surface area contributed by atoms with E-state index in [0.717, 1.165) is 15.3 Å². The quantitative estimate of drug-likeness (QED) is 0.359. The zero-order chi connectivity index (χ0) is 18.4. The molecule has 1 aromatic heterocycles. The van der Waals surface area contributed by atoms with Crippen LogP contribution < -0.4 is 9.47 Å². The number of hydrogen-bond acceptors (Lipinski definition) is 5. The van der Waals surface area contributed by atoms with E-state index < -0.39 is 0 Å². The van der Waals surface area contributed by atoms with Crippen LogP contribution in [0.25, 0.3) is 0 Å². The van der Waals surface area contributed by atoms with Crippen molar-refractivity contribution in [1.82, 2.24) is 0 Å². The molecule has 134 valence electrons. The van der Waals surface area contributed by atoms with Gasteiger partial charge in [0.1, 0.15) is 0 Å². The Labute approximate surface area is 162 Å². The molecule has 0 saturated heterocycles. The number of ether oxygens (including phenoxy) is 2. The maximum absolute atomic E-state index is 12.7. The lowest BCUT2D eigenvalue weighted by Gasteiger charge is -2.18. The number of Topliss-reactive ketones (excluding diaryl/α,β-unsaturated/α-hetero) is 1. The van der Waals surface area contributed by atoms with Crippen LogP contribution >= 0.6 is 23.1 Å². The average Bonchev–Trinajstić information content (AvgIpc) is 3.22. The number of ketones is 1. The summed E-state index contributed by atoms with van der Waals surface area (Å²) in [5.41, 5.74) is 1.04. The van der Waals surface area contributed by atoms with Gasteiger partial charge in [-0.1, -0.05) is 30.3 Å². The summed E-state index contributed by atoms with van der Waals surface area (Å²) in [4.78, 5) is 14.6. The van der Waals surface area contributed by atoms with Gasteiger partial charge in [-0.25, -0.2) is 0 Å². The molecule has 0 aliphatic heterocycles. The molecule has 1 heterocycles. The predicted octanol–water partition coefficient (Wildman–Crippen LogP) is 5.87. The lowest BCUT2D eigenvalue weighted by molar-refractivity contribution is 0.0986. The second kappa shape index (κ2) is 8.92. The molecule has 0 aliphatic rings. The van der Waals surface area contributed by atoms with E-state index in [2.05, 4.69) is 12.1 Å². The van der Waals surface area contributed by atoms with Crippen molar-refractivity contribution < 1.29 is 14.3 Å². The number of methoxy groups -OCH3 is 2. The average molecular weight is 385 g/mol. The van der Waals surface area contributed by atoms with Crippen LogP contribution in [0.5, 0.6) is 11.5 Å². The third-order valence-corrected chi connectivity index (χ3v) is 6.15. The van der Waals surface area contributed by atoms with Crippen molar-refractivity contribution in [3.05, 3.63) is 76.5 Å². The van der Waals surface area contributed by atoms with Gasteiger partial charge in [0.2, 0.25) is 0 Å². The third kappa shape index (κ3) is 4.48. The van der Waals surface area contributed by atoms with Crippen molar-refractivity contribution in [2.24, 2.45) is 0 Å². The van der Waals surface area contributed by atoms with Gasteiger partial charge in [0.25, 0.3) is 0 Å². The van der Waals surface area contributed by atoms with Gasteiger partial charge in [-0.05, 0) is 41.3 Å². The highest BCUT2D eigenvalue weighted by Crippen LogP contribution is 2.41. The van der Waals surface area contributed by atoms with Gasteiger partial charge in [-0.2, -0.15) is 0 Å². The number of thioether (sulfide) groups is 1. The summed E-state index contributed by atoms with van der Waals surface area (Å²) in [6.45, 7) is 0. The molecule has 5 heteroatoms. The molecule has 1 atom stereocenters. The minimum Gasteiger partial charge on any atom is -0.493 e. The van der Waals surface area contributed by atoms with Gasteiger partial charge in [0.05, 0.1) is 19.1 Å². The summed E-state index contributed by atoms with van der Waals surface area (Å²) in [5, 5.41) is 1.93. The zero-order valence-electron chi connectivity index (χ0n) is 14.7. The number of carbonyl (C=O) groups excluding carboxylic acids is 1. The predicted molar refractivity (Wildman–Crippen MR) is 108 cm³/mol. The van der Waals surface area contributed by atoms with Crippen molar-refractivity contribution in [1.29, 1.82) is 0 Å². The summed E-state index contributed by atoms with van der Waals surface area (Å²) in [7, 11) is 3.24. The Kier molecular flexibility index (Phi) is 6.36. The van der Waals surface area contributed by atoms with Gasteiger partial charge in [0.15, 0.2) is 17.3 Å². The van der Waals surface area contributed by atoms with Crippen molar-refractivity contribution >= 4 is 28.9 Å². The molecule has 0 amide bonds. The van der Waals surface area contributed by atoms with E-state index in [9.17, 15) is 4.79 Å². The number of carbonyl (C=O) groups is 1. The number of thiophene rings is 1. The van der Waals surface area contributed by atoms with Gasteiger partial charge in [-0.3, -0.25) is 4.79 Å². The fraction of sp³-hybridized carbons (Fsp3) is 0.190. The molecule has 3 nitrogen and oxygen atoms in total. The summed E-state index contributed by atoms with van der Waals surface area (Å²) in [5.74, 6) is 1.51. The van der Waals surface area contributed by atoms with E-state index in [1.54, 1.807) is 26.0 Å². The molecule has 0 saturated carbocycles. The van der Waals surface area contributed by atoms with E-state index >= 15 is 0 Å². The van der Waals surface area contributed by atoms with Crippen molar-refractivity contribution in [3.8, 4) is 11.5 Å². The first-order valence-electron chi connectivity index (χ1n) is 8.21. The first-order chi connectivity index (χ1) is 12.7. The lowest BCUT2D eigenvalue weighted by atomic mass is 10.1. The Hall–Kier alpha value is -2.24.